The SMILES string of the molecule is CCOC(=O)/C=C/C1CCCN(C(=O)O)C1. The summed E-state index contributed by atoms with van der Waals surface area (Å²) >= 11 is 0. The maximum Gasteiger partial charge on any atom is 0.407 e. The number of rotatable bonds is 3. The molecule has 1 fully saturated rings. The number of nitrogens with zero attached hydrogens (tertiary/aromatic N) is 1. The second-order valence-electron chi connectivity index (χ2n) is 3.74. The standard InChI is InChI=1S/C11H17NO4/c1-2-16-10(13)6-5-9-4-3-7-12(8-9)11(14)15/h5-6,9H,2-4,7-8H2,1H3,(H,14,15)/b6-5+. The van der Waals surface area contributed by atoms with E-state index in [1.54, 1.807) is 13.0 Å². The van der Waals surface area contributed by atoms with Crippen LogP contribution in [0.2, 0.25) is 0 Å². The summed E-state index contributed by atoms with van der Waals surface area (Å²) in [6.07, 6.45) is 3.99. The fourth-order valence-corrected chi connectivity index (χ4v) is 1.75. The predicted molar refractivity (Wildman–Crippen MR) is 58.1 cm³/mol. The summed E-state index contributed by atoms with van der Waals surface area (Å²) in [6.45, 7) is 3.15. The summed E-state index contributed by atoms with van der Waals surface area (Å²) in [5.74, 6) is -0.246. The van der Waals surface area contributed by atoms with Crippen molar-refractivity contribution in [1.82, 2.24) is 4.90 Å². The number of carbonyl (C=O) groups is 2. The van der Waals surface area contributed by atoms with Gasteiger partial charge in [0.05, 0.1) is 6.61 Å². The molecule has 16 heavy (non-hydrogen) atoms. The van der Waals surface area contributed by atoms with Crippen LogP contribution < -0.4 is 0 Å². The smallest absolute Gasteiger partial charge is 0.407 e. The number of hydrogen-bond donors (Lipinski definition) is 1. The number of amides is 1. The lowest BCUT2D eigenvalue weighted by Crippen LogP contribution is -2.38. The summed E-state index contributed by atoms with van der Waals surface area (Å²) in [4.78, 5) is 23.2. The normalized spacial score (nSPS) is 21.1. The van der Waals surface area contributed by atoms with Gasteiger partial charge in [-0.1, -0.05) is 6.08 Å². The van der Waals surface area contributed by atoms with Crippen molar-refractivity contribution in [2.24, 2.45) is 5.92 Å². The molecule has 1 aliphatic rings. The molecule has 1 aliphatic heterocycles. The first-order chi connectivity index (χ1) is 7.63. The number of carbonyl (C=O) groups excluding carboxylic acids is 1. The quantitative estimate of drug-likeness (QED) is 0.586. The molecule has 0 aliphatic carbocycles. The van der Waals surface area contributed by atoms with Crippen LogP contribution in [-0.4, -0.2) is 41.8 Å². The highest BCUT2D eigenvalue weighted by atomic mass is 16.5. The highest BCUT2D eigenvalue weighted by molar-refractivity contribution is 5.81. The van der Waals surface area contributed by atoms with Crippen LogP contribution in [0, 0.1) is 5.92 Å². The maximum atomic E-state index is 11.1. The number of hydrogen-bond acceptors (Lipinski definition) is 3. The minimum Gasteiger partial charge on any atom is -0.465 e. The number of piperidine rings is 1. The Morgan fingerprint density at radius 1 is 1.56 bits per heavy atom. The molecule has 1 heterocycles. The fraction of sp³-hybridized carbons (Fsp3) is 0.636. The second kappa shape index (κ2) is 6.15. The van der Waals surface area contributed by atoms with Crippen LogP contribution in [0.5, 0.6) is 0 Å². The molecular formula is C11H17NO4. The number of likely N-dealkylation sites (tertiary alicyclic amines) is 1. The molecule has 1 N–H and O–H groups in total. The molecule has 90 valence electrons. The summed E-state index contributed by atoms with van der Waals surface area (Å²) < 4.78 is 4.75. The predicted octanol–water partition coefficient (Wildman–Crippen LogP) is 1.50. The highest BCUT2D eigenvalue weighted by Gasteiger charge is 2.21. The van der Waals surface area contributed by atoms with Crippen molar-refractivity contribution in [1.29, 1.82) is 0 Å². The zero-order valence-electron chi connectivity index (χ0n) is 9.39. The maximum absolute atomic E-state index is 11.1. The van der Waals surface area contributed by atoms with E-state index in [2.05, 4.69) is 0 Å². The van der Waals surface area contributed by atoms with E-state index in [1.807, 2.05) is 0 Å². The Balaban J connectivity index is 2.42. The monoisotopic (exact) mass is 227 g/mol. The van der Waals surface area contributed by atoms with Gasteiger partial charge < -0.3 is 14.7 Å². The van der Waals surface area contributed by atoms with E-state index >= 15 is 0 Å². The average Bonchev–Trinajstić information content (AvgIpc) is 2.27. The third-order valence-corrected chi connectivity index (χ3v) is 2.52. The topological polar surface area (TPSA) is 66.8 Å². The van der Waals surface area contributed by atoms with Crippen LogP contribution in [0.4, 0.5) is 4.79 Å². The summed E-state index contributed by atoms with van der Waals surface area (Å²) in [6, 6.07) is 0. The third kappa shape index (κ3) is 3.92. The Kier molecular flexibility index (Phi) is 4.82. The Bertz CT molecular complexity index is 288. The highest BCUT2D eigenvalue weighted by Crippen LogP contribution is 2.17. The van der Waals surface area contributed by atoms with E-state index < -0.39 is 6.09 Å². The van der Waals surface area contributed by atoms with Gasteiger partial charge in [-0.15, -0.1) is 0 Å². The lowest BCUT2D eigenvalue weighted by molar-refractivity contribution is -0.137. The van der Waals surface area contributed by atoms with Crippen molar-refractivity contribution in [3.63, 3.8) is 0 Å². The summed E-state index contributed by atoms with van der Waals surface area (Å²) in [5, 5.41) is 8.83. The van der Waals surface area contributed by atoms with Gasteiger partial charge in [0.15, 0.2) is 0 Å². The molecule has 0 spiro atoms. The molecule has 0 saturated carbocycles. The van der Waals surface area contributed by atoms with Crippen LogP contribution in [0.1, 0.15) is 19.8 Å². The molecule has 1 amide bonds. The first-order valence-electron chi connectivity index (χ1n) is 5.46. The fourth-order valence-electron chi connectivity index (χ4n) is 1.75. The van der Waals surface area contributed by atoms with Crippen molar-refractivity contribution in [2.45, 2.75) is 19.8 Å². The summed E-state index contributed by atoms with van der Waals surface area (Å²) in [5.41, 5.74) is 0. The molecule has 1 rings (SSSR count). The molecular weight excluding hydrogens is 210 g/mol. The Labute approximate surface area is 94.7 Å². The second-order valence-corrected chi connectivity index (χ2v) is 3.74. The zero-order valence-corrected chi connectivity index (χ0v) is 9.39. The summed E-state index contributed by atoms with van der Waals surface area (Å²) in [7, 11) is 0. The van der Waals surface area contributed by atoms with E-state index in [1.165, 1.54) is 11.0 Å². The van der Waals surface area contributed by atoms with E-state index in [9.17, 15) is 9.59 Å². The molecule has 5 heteroatoms. The Morgan fingerprint density at radius 2 is 2.31 bits per heavy atom. The van der Waals surface area contributed by atoms with Gasteiger partial charge in [-0.25, -0.2) is 9.59 Å². The van der Waals surface area contributed by atoms with Gasteiger partial charge in [0.2, 0.25) is 0 Å². The van der Waals surface area contributed by atoms with Gasteiger partial charge in [-0.2, -0.15) is 0 Å². The Morgan fingerprint density at radius 3 is 2.94 bits per heavy atom. The van der Waals surface area contributed by atoms with Gasteiger partial charge in [-0.05, 0) is 25.7 Å². The minimum absolute atomic E-state index is 0.120. The van der Waals surface area contributed by atoms with E-state index in [4.69, 9.17) is 9.84 Å². The lowest BCUT2D eigenvalue weighted by Gasteiger charge is -2.28. The minimum atomic E-state index is -0.894. The number of esters is 1. The Hall–Kier alpha value is -1.52. The molecule has 1 unspecified atom stereocenters. The van der Waals surface area contributed by atoms with Crippen LogP contribution in [0.15, 0.2) is 12.2 Å². The average molecular weight is 227 g/mol. The van der Waals surface area contributed by atoms with Gasteiger partial charge in [0.25, 0.3) is 0 Å². The molecule has 5 nitrogen and oxygen atoms in total. The van der Waals surface area contributed by atoms with Crippen molar-refractivity contribution in [2.75, 3.05) is 19.7 Å². The molecule has 0 aromatic rings. The van der Waals surface area contributed by atoms with Crippen molar-refractivity contribution >= 4 is 12.1 Å². The van der Waals surface area contributed by atoms with Gasteiger partial charge in [0, 0.05) is 19.2 Å². The number of ether oxygens (including phenoxy) is 1. The molecule has 1 saturated heterocycles. The van der Waals surface area contributed by atoms with Crippen LogP contribution >= 0.6 is 0 Å². The van der Waals surface area contributed by atoms with E-state index in [-0.39, 0.29) is 11.9 Å². The van der Waals surface area contributed by atoms with Crippen LogP contribution in [0.3, 0.4) is 0 Å². The van der Waals surface area contributed by atoms with Gasteiger partial charge in [0.1, 0.15) is 0 Å². The van der Waals surface area contributed by atoms with Crippen molar-refractivity contribution in [3.8, 4) is 0 Å². The number of carboxylic acid groups (broad SMARTS) is 1. The molecule has 0 radical (unpaired) electrons. The van der Waals surface area contributed by atoms with E-state index in [0.29, 0.717) is 19.7 Å². The van der Waals surface area contributed by atoms with Gasteiger partial charge in [-0.3, -0.25) is 0 Å². The van der Waals surface area contributed by atoms with Crippen molar-refractivity contribution in [3.05, 3.63) is 12.2 Å². The van der Waals surface area contributed by atoms with Crippen LogP contribution in [0.25, 0.3) is 0 Å². The third-order valence-electron chi connectivity index (χ3n) is 2.52. The molecule has 1 atom stereocenters. The molecule has 0 bridgehead atoms. The van der Waals surface area contributed by atoms with E-state index in [0.717, 1.165) is 12.8 Å². The zero-order chi connectivity index (χ0) is 12.0. The molecule has 0 aromatic heterocycles. The van der Waals surface area contributed by atoms with Crippen molar-refractivity contribution < 1.29 is 19.4 Å². The molecule has 0 aromatic carbocycles. The lowest BCUT2D eigenvalue weighted by atomic mass is 9.98. The first-order valence-corrected chi connectivity index (χ1v) is 5.46. The first kappa shape index (κ1) is 12.5. The van der Waals surface area contributed by atoms with Crippen LogP contribution in [-0.2, 0) is 9.53 Å². The van der Waals surface area contributed by atoms with Gasteiger partial charge >= 0.3 is 12.1 Å². The largest absolute Gasteiger partial charge is 0.465 e.